The molecule has 10 heteroatoms. The van der Waals surface area contributed by atoms with Crippen LogP contribution in [0.15, 0.2) is 65.6 Å². The highest BCUT2D eigenvalue weighted by Crippen LogP contribution is 2.39. The number of carbonyl (C=O) groups excluding carboxylic acids is 1. The summed E-state index contributed by atoms with van der Waals surface area (Å²) in [4.78, 5) is 13.2. The highest BCUT2D eigenvalue weighted by Gasteiger charge is 2.29. The first-order valence-electron chi connectivity index (χ1n) is 11.6. The zero-order chi connectivity index (χ0) is 27.0. The maximum absolute atomic E-state index is 13.7. The minimum Gasteiger partial charge on any atom is -0.493 e. The SMILES string of the molecule is CCOc1ccccc1N(CC(=O)NCc1ccc(OC)c(OC)c1OC)S(=O)(=O)c1ccc(C)cc1. The summed E-state index contributed by atoms with van der Waals surface area (Å²) in [6, 6.07) is 16.6. The van der Waals surface area contributed by atoms with Gasteiger partial charge in [0, 0.05) is 12.1 Å². The van der Waals surface area contributed by atoms with Crippen molar-refractivity contribution in [1.82, 2.24) is 5.32 Å². The minimum atomic E-state index is -4.09. The molecule has 0 atom stereocenters. The van der Waals surface area contributed by atoms with Crippen molar-refractivity contribution in [3.8, 4) is 23.0 Å². The fourth-order valence-electron chi connectivity index (χ4n) is 3.76. The second-order valence-electron chi connectivity index (χ2n) is 8.00. The van der Waals surface area contributed by atoms with E-state index in [1.54, 1.807) is 55.5 Å². The Kier molecular flexibility index (Phi) is 9.24. The number of aryl methyl sites for hydroxylation is 1. The molecule has 0 aliphatic heterocycles. The van der Waals surface area contributed by atoms with Crippen LogP contribution in [0.1, 0.15) is 18.1 Å². The Bertz CT molecular complexity index is 1330. The van der Waals surface area contributed by atoms with Gasteiger partial charge < -0.3 is 24.3 Å². The first-order chi connectivity index (χ1) is 17.8. The number of para-hydroxylation sites is 2. The Labute approximate surface area is 218 Å². The van der Waals surface area contributed by atoms with Crippen LogP contribution in [0.4, 0.5) is 5.69 Å². The van der Waals surface area contributed by atoms with E-state index in [1.165, 1.54) is 33.5 Å². The first-order valence-corrected chi connectivity index (χ1v) is 13.1. The molecule has 0 radical (unpaired) electrons. The molecule has 0 aliphatic carbocycles. The molecule has 3 rings (SSSR count). The molecule has 1 N–H and O–H groups in total. The Balaban J connectivity index is 1.93. The number of methoxy groups -OCH3 is 3. The van der Waals surface area contributed by atoms with E-state index in [0.29, 0.717) is 35.2 Å². The lowest BCUT2D eigenvalue weighted by Gasteiger charge is -2.26. The molecule has 3 aromatic carbocycles. The van der Waals surface area contributed by atoms with E-state index in [9.17, 15) is 13.2 Å². The Hall–Kier alpha value is -3.92. The van der Waals surface area contributed by atoms with Gasteiger partial charge in [0.1, 0.15) is 12.3 Å². The predicted octanol–water partition coefficient (Wildman–Crippen LogP) is 3.93. The van der Waals surface area contributed by atoms with E-state index in [4.69, 9.17) is 18.9 Å². The van der Waals surface area contributed by atoms with E-state index < -0.39 is 22.5 Å². The van der Waals surface area contributed by atoms with Gasteiger partial charge in [-0.2, -0.15) is 0 Å². The molecular weight excluding hydrogens is 496 g/mol. The highest BCUT2D eigenvalue weighted by atomic mass is 32.2. The fraction of sp³-hybridized carbons (Fsp3) is 0.296. The molecule has 0 fully saturated rings. The van der Waals surface area contributed by atoms with E-state index in [2.05, 4.69) is 5.32 Å². The minimum absolute atomic E-state index is 0.0683. The quantitative estimate of drug-likeness (QED) is 0.380. The average molecular weight is 529 g/mol. The fourth-order valence-corrected chi connectivity index (χ4v) is 5.19. The molecule has 0 spiro atoms. The van der Waals surface area contributed by atoms with Gasteiger partial charge in [-0.1, -0.05) is 29.8 Å². The maximum atomic E-state index is 13.7. The number of benzene rings is 3. The van der Waals surface area contributed by atoms with Gasteiger partial charge in [-0.05, 0) is 50.2 Å². The lowest BCUT2D eigenvalue weighted by atomic mass is 10.1. The smallest absolute Gasteiger partial charge is 0.264 e. The maximum Gasteiger partial charge on any atom is 0.264 e. The first kappa shape index (κ1) is 27.7. The van der Waals surface area contributed by atoms with Crippen molar-refractivity contribution in [3.05, 3.63) is 71.8 Å². The number of amides is 1. The van der Waals surface area contributed by atoms with E-state index in [1.807, 2.05) is 6.92 Å². The van der Waals surface area contributed by atoms with Crippen molar-refractivity contribution in [3.63, 3.8) is 0 Å². The Morgan fingerprint density at radius 3 is 2.16 bits per heavy atom. The summed E-state index contributed by atoms with van der Waals surface area (Å²) >= 11 is 0. The number of nitrogens with zero attached hydrogens (tertiary/aromatic N) is 1. The summed E-state index contributed by atoms with van der Waals surface area (Å²) in [5.74, 6) is 1.13. The lowest BCUT2D eigenvalue weighted by molar-refractivity contribution is -0.119. The van der Waals surface area contributed by atoms with Gasteiger partial charge in [0.2, 0.25) is 11.7 Å². The third-order valence-electron chi connectivity index (χ3n) is 5.59. The van der Waals surface area contributed by atoms with E-state index >= 15 is 0 Å². The highest BCUT2D eigenvalue weighted by molar-refractivity contribution is 7.92. The number of ether oxygens (including phenoxy) is 4. The molecule has 0 aromatic heterocycles. The van der Waals surface area contributed by atoms with E-state index in [0.717, 1.165) is 9.87 Å². The van der Waals surface area contributed by atoms with Crippen molar-refractivity contribution in [1.29, 1.82) is 0 Å². The third kappa shape index (κ3) is 6.26. The predicted molar refractivity (Wildman–Crippen MR) is 141 cm³/mol. The number of nitrogens with one attached hydrogen (secondary N) is 1. The number of hydrogen-bond acceptors (Lipinski definition) is 7. The van der Waals surface area contributed by atoms with Crippen LogP contribution < -0.4 is 28.6 Å². The van der Waals surface area contributed by atoms with E-state index in [-0.39, 0.29) is 17.1 Å². The van der Waals surface area contributed by atoms with Crippen LogP contribution in [-0.2, 0) is 21.4 Å². The van der Waals surface area contributed by atoms with Crippen LogP contribution in [-0.4, -0.2) is 48.8 Å². The zero-order valence-corrected chi connectivity index (χ0v) is 22.4. The number of carbonyl (C=O) groups is 1. The van der Waals surface area contributed by atoms with Gasteiger partial charge in [0.25, 0.3) is 10.0 Å². The van der Waals surface area contributed by atoms with Crippen LogP contribution >= 0.6 is 0 Å². The lowest BCUT2D eigenvalue weighted by Crippen LogP contribution is -2.41. The molecule has 198 valence electrons. The van der Waals surface area contributed by atoms with Crippen LogP contribution in [0.3, 0.4) is 0 Å². The summed E-state index contributed by atoms with van der Waals surface area (Å²) in [6.07, 6.45) is 0. The molecule has 0 aliphatic rings. The molecule has 0 saturated heterocycles. The van der Waals surface area contributed by atoms with Gasteiger partial charge in [-0.3, -0.25) is 9.10 Å². The molecule has 37 heavy (non-hydrogen) atoms. The summed E-state index contributed by atoms with van der Waals surface area (Å²) < 4.78 is 50.3. The standard InChI is InChI=1S/C27H32N2O7S/c1-6-36-23-10-8-7-9-22(23)29(37(31,32)21-14-11-19(2)12-15-21)18-25(30)28-17-20-13-16-24(33-3)27(35-5)26(20)34-4/h7-16H,6,17-18H2,1-5H3,(H,28,30). The number of hydrogen-bond donors (Lipinski definition) is 1. The normalized spacial score (nSPS) is 10.9. The molecule has 1 amide bonds. The van der Waals surface area contributed by atoms with Crippen LogP contribution in [0.2, 0.25) is 0 Å². The summed E-state index contributed by atoms with van der Waals surface area (Å²) in [5.41, 5.74) is 1.82. The van der Waals surface area contributed by atoms with Crippen molar-refractivity contribution in [2.24, 2.45) is 0 Å². The van der Waals surface area contributed by atoms with Gasteiger partial charge in [0.05, 0.1) is 38.5 Å². The molecular formula is C27H32N2O7S. The monoisotopic (exact) mass is 528 g/mol. The Morgan fingerprint density at radius 2 is 1.54 bits per heavy atom. The second kappa shape index (κ2) is 12.4. The molecule has 0 unspecified atom stereocenters. The third-order valence-corrected chi connectivity index (χ3v) is 7.37. The van der Waals surface area contributed by atoms with Crippen molar-refractivity contribution >= 4 is 21.6 Å². The van der Waals surface area contributed by atoms with Gasteiger partial charge >= 0.3 is 0 Å². The molecule has 0 heterocycles. The van der Waals surface area contributed by atoms with Gasteiger partial charge in [-0.25, -0.2) is 8.42 Å². The molecule has 0 saturated carbocycles. The van der Waals surface area contributed by atoms with Crippen molar-refractivity contribution in [2.45, 2.75) is 25.3 Å². The number of sulfonamides is 1. The Morgan fingerprint density at radius 1 is 0.865 bits per heavy atom. The van der Waals surface area contributed by atoms with Crippen LogP contribution in [0, 0.1) is 6.92 Å². The average Bonchev–Trinajstić information content (AvgIpc) is 2.90. The number of rotatable bonds is 12. The second-order valence-corrected chi connectivity index (χ2v) is 9.86. The van der Waals surface area contributed by atoms with Crippen LogP contribution in [0.25, 0.3) is 0 Å². The van der Waals surface area contributed by atoms with Gasteiger partial charge in [0.15, 0.2) is 11.5 Å². The largest absolute Gasteiger partial charge is 0.493 e. The van der Waals surface area contributed by atoms with Crippen molar-refractivity contribution in [2.75, 3.05) is 38.8 Å². The van der Waals surface area contributed by atoms with Gasteiger partial charge in [-0.15, -0.1) is 0 Å². The van der Waals surface area contributed by atoms with Crippen LogP contribution in [0.5, 0.6) is 23.0 Å². The molecule has 3 aromatic rings. The number of anilines is 1. The summed E-state index contributed by atoms with van der Waals surface area (Å²) in [7, 11) is 0.407. The summed E-state index contributed by atoms with van der Waals surface area (Å²) in [6.45, 7) is 3.62. The topological polar surface area (TPSA) is 103 Å². The summed E-state index contributed by atoms with van der Waals surface area (Å²) in [5, 5.41) is 2.78. The molecule has 9 nitrogen and oxygen atoms in total. The van der Waals surface area contributed by atoms with Crippen molar-refractivity contribution < 1.29 is 32.2 Å². The zero-order valence-electron chi connectivity index (χ0n) is 21.6. The molecule has 0 bridgehead atoms.